The normalized spacial score (nSPS) is 12.2. The van der Waals surface area contributed by atoms with Crippen LogP contribution in [0.25, 0.3) is 0 Å². The van der Waals surface area contributed by atoms with Crippen molar-refractivity contribution in [3.05, 3.63) is 54.1 Å². The lowest BCUT2D eigenvalue weighted by atomic mass is 10.2. The SMILES string of the molecule is CCNC(=NCc1ccc(OC)cc1)NCC(C)Oc1ccccc1OC. The summed E-state index contributed by atoms with van der Waals surface area (Å²) in [5.74, 6) is 3.05. The number of para-hydroxylation sites is 2. The smallest absolute Gasteiger partial charge is 0.191 e. The van der Waals surface area contributed by atoms with Gasteiger partial charge >= 0.3 is 0 Å². The van der Waals surface area contributed by atoms with Crippen LogP contribution in [0.3, 0.4) is 0 Å². The van der Waals surface area contributed by atoms with E-state index in [-0.39, 0.29) is 6.10 Å². The number of hydrogen-bond donors (Lipinski definition) is 2. The molecular weight excluding hydrogens is 342 g/mol. The molecule has 0 saturated heterocycles. The van der Waals surface area contributed by atoms with Crippen molar-refractivity contribution < 1.29 is 14.2 Å². The van der Waals surface area contributed by atoms with Gasteiger partial charge in [-0.25, -0.2) is 4.99 Å². The highest BCUT2D eigenvalue weighted by Crippen LogP contribution is 2.26. The van der Waals surface area contributed by atoms with Crippen LogP contribution in [0.1, 0.15) is 19.4 Å². The lowest BCUT2D eigenvalue weighted by Crippen LogP contribution is -2.41. The molecule has 0 aliphatic carbocycles. The van der Waals surface area contributed by atoms with E-state index < -0.39 is 0 Å². The fourth-order valence-electron chi connectivity index (χ4n) is 2.46. The molecule has 0 aromatic heterocycles. The maximum atomic E-state index is 5.97. The van der Waals surface area contributed by atoms with Gasteiger partial charge in [0, 0.05) is 6.54 Å². The second kappa shape index (κ2) is 11.0. The van der Waals surface area contributed by atoms with E-state index in [2.05, 4.69) is 15.6 Å². The third kappa shape index (κ3) is 6.73. The number of guanidine groups is 1. The molecule has 27 heavy (non-hydrogen) atoms. The summed E-state index contributed by atoms with van der Waals surface area (Å²) in [4.78, 5) is 4.63. The van der Waals surface area contributed by atoms with E-state index in [1.54, 1.807) is 14.2 Å². The highest BCUT2D eigenvalue weighted by molar-refractivity contribution is 5.79. The van der Waals surface area contributed by atoms with E-state index in [0.29, 0.717) is 13.1 Å². The molecule has 2 rings (SSSR count). The summed E-state index contributed by atoms with van der Waals surface area (Å²) < 4.78 is 16.5. The van der Waals surface area contributed by atoms with E-state index in [1.165, 1.54) is 0 Å². The van der Waals surface area contributed by atoms with Gasteiger partial charge in [-0.05, 0) is 43.7 Å². The van der Waals surface area contributed by atoms with Gasteiger partial charge in [0.05, 0.1) is 27.3 Å². The maximum absolute atomic E-state index is 5.97. The maximum Gasteiger partial charge on any atom is 0.191 e. The third-order valence-electron chi connectivity index (χ3n) is 3.88. The number of ether oxygens (including phenoxy) is 3. The lowest BCUT2D eigenvalue weighted by Gasteiger charge is -2.19. The fourth-order valence-corrected chi connectivity index (χ4v) is 2.46. The van der Waals surface area contributed by atoms with Gasteiger partial charge in [-0.1, -0.05) is 24.3 Å². The third-order valence-corrected chi connectivity index (χ3v) is 3.88. The number of rotatable bonds is 9. The van der Waals surface area contributed by atoms with Gasteiger partial charge in [0.15, 0.2) is 17.5 Å². The van der Waals surface area contributed by atoms with E-state index in [4.69, 9.17) is 14.2 Å². The molecule has 2 N–H and O–H groups in total. The first-order chi connectivity index (χ1) is 13.2. The Morgan fingerprint density at radius 2 is 1.67 bits per heavy atom. The van der Waals surface area contributed by atoms with Gasteiger partial charge in [0.2, 0.25) is 0 Å². The molecule has 6 nitrogen and oxygen atoms in total. The van der Waals surface area contributed by atoms with Gasteiger partial charge in [0.1, 0.15) is 11.9 Å². The van der Waals surface area contributed by atoms with Gasteiger partial charge in [-0.3, -0.25) is 0 Å². The first-order valence-electron chi connectivity index (χ1n) is 9.11. The first-order valence-corrected chi connectivity index (χ1v) is 9.11. The second-order valence-electron chi connectivity index (χ2n) is 6.00. The van der Waals surface area contributed by atoms with Crippen LogP contribution in [0.5, 0.6) is 17.2 Å². The molecule has 2 aromatic carbocycles. The van der Waals surface area contributed by atoms with E-state index in [9.17, 15) is 0 Å². The van der Waals surface area contributed by atoms with Crippen molar-refractivity contribution in [2.45, 2.75) is 26.5 Å². The Hall–Kier alpha value is -2.89. The number of nitrogens with zero attached hydrogens (tertiary/aromatic N) is 1. The van der Waals surface area contributed by atoms with Crippen molar-refractivity contribution >= 4 is 5.96 Å². The summed E-state index contributed by atoms with van der Waals surface area (Å²) in [6.45, 7) is 6.04. The summed E-state index contributed by atoms with van der Waals surface area (Å²) >= 11 is 0. The number of aliphatic imine (C=N–C) groups is 1. The average Bonchev–Trinajstić information content (AvgIpc) is 2.71. The van der Waals surface area contributed by atoms with E-state index >= 15 is 0 Å². The molecular formula is C21H29N3O3. The van der Waals surface area contributed by atoms with Crippen molar-refractivity contribution in [2.75, 3.05) is 27.3 Å². The van der Waals surface area contributed by atoms with Crippen molar-refractivity contribution in [3.8, 4) is 17.2 Å². The zero-order valence-electron chi connectivity index (χ0n) is 16.5. The molecule has 6 heteroatoms. The second-order valence-corrected chi connectivity index (χ2v) is 6.00. The minimum absolute atomic E-state index is 0.0499. The highest BCUT2D eigenvalue weighted by Gasteiger charge is 2.09. The largest absolute Gasteiger partial charge is 0.497 e. The first kappa shape index (κ1) is 20.4. The molecule has 0 fully saturated rings. The zero-order chi connectivity index (χ0) is 19.5. The summed E-state index contributed by atoms with van der Waals surface area (Å²) in [7, 11) is 3.30. The average molecular weight is 371 g/mol. The molecule has 1 atom stereocenters. The predicted molar refractivity (Wildman–Crippen MR) is 109 cm³/mol. The van der Waals surface area contributed by atoms with Crippen LogP contribution in [0.2, 0.25) is 0 Å². The molecule has 2 aromatic rings. The number of benzene rings is 2. The minimum atomic E-state index is -0.0499. The Bertz CT molecular complexity index is 717. The van der Waals surface area contributed by atoms with Crippen LogP contribution < -0.4 is 24.8 Å². The fraction of sp³-hybridized carbons (Fsp3) is 0.381. The van der Waals surface area contributed by atoms with Crippen LogP contribution in [0, 0.1) is 0 Å². The lowest BCUT2D eigenvalue weighted by molar-refractivity contribution is 0.213. The van der Waals surface area contributed by atoms with E-state index in [1.807, 2.05) is 62.4 Å². The number of hydrogen-bond acceptors (Lipinski definition) is 4. The topological polar surface area (TPSA) is 64.1 Å². The Morgan fingerprint density at radius 3 is 2.30 bits per heavy atom. The Labute approximate surface area is 161 Å². The van der Waals surface area contributed by atoms with E-state index in [0.717, 1.165) is 35.3 Å². The summed E-state index contributed by atoms with van der Waals surface area (Å²) in [6.07, 6.45) is -0.0499. The van der Waals surface area contributed by atoms with Crippen LogP contribution in [0.15, 0.2) is 53.5 Å². The van der Waals surface area contributed by atoms with Crippen LogP contribution in [-0.4, -0.2) is 39.4 Å². The standard InChI is InChI=1S/C21H29N3O3/c1-5-22-21(24-15-17-10-12-18(25-3)13-11-17)23-14-16(2)27-20-9-7-6-8-19(20)26-4/h6-13,16H,5,14-15H2,1-4H3,(H2,22,23,24). The van der Waals surface area contributed by atoms with Crippen LogP contribution >= 0.6 is 0 Å². The van der Waals surface area contributed by atoms with Crippen molar-refractivity contribution in [2.24, 2.45) is 4.99 Å². The summed E-state index contributed by atoms with van der Waals surface area (Å²) in [6, 6.07) is 15.5. The van der Waals surface area contributed by atoms with Crippen molar-refractivity contribution in [3.63, 3.8) is 0 Å². The van der Waals surface area contributed by atoms with Gasteiger partial charge in [0.25, 0.3) is 0 Å². The van der Waals surface area contributed by atoms with Crippen molar-refractivity contribution in [1.82, 2.24) is 10.6 Å². The highest BCUT2D eigenvalue weighted by atomic mass is 16.5. The monoisotopic (exact) mass is 371 g/mol. The molecule has 0 bridgehead atoms. The van der Waals surface area contributed by atoms with Crippen LogP contribution in [0.4, 0.5) is 0 Å². The molecule has 0 aliphatic rings. The molecule has 0 aliphatic heterocycles. The number of nitrogens with one attached hydrogen (secondary N) is 2. The van der Waals surface area contributed by atoms with Gasteiger partial charge < -0.3 is 24.8 Å². The molecule has 0 spiro atoms. The number of methoxy groups -OCH3 is 2. The van der Waals surface area contributed by atoms with Crippen molar-refractivity contribution in [1.29, 1.82) is 0 Å². The molecule has 0 heterocycles. The molecule has 146 valence electrons. The Balaban J connectivity index is 1.90. The molecule has 1 unspecified atom stereocenters. The van der Waals surface area contributed by atoms with Gasteiger partial charge in [-0.2, -0.15) is 0 Å². The quantitative estimate of drug-likeness (QED) is 0.523. The minimum Gasteiger partial charge on any atom is -0.497 e. The zero-order valence-corrected chi connectivity index (χ0v) is 16.5. The summed E-state index contributed by atoms with van der Waals surface area (Å²) in [5.41, 5.74) is 1.12. The van der Waals surface area contributed by atoms with Gasteiger partial charge in [-0.15, -0.1) is 0 Å². The molecule has 0 saturated carbocycles. The molecule has 0 radical (unpaired) electrons. The van der Waals surface area contributed by atoms with Crippen LogP contribution in [-0.2, 0) is 6.54 Å². The Kier molecular flexibility index (Phi) is 8.29. The Morgan fingerprint density at radius 1 is 0.963 bits per heavy atom. The molecule has 0 amide bonds. The predicted octanol–water partition coefficient (Wildman–Crippen LogP) is 3.23. The summed E-state index contributed by atoms with van der Waals surface area (Å²) in [5, 5.41) is 6.57.